The van der Waals surface area contributed by atoms with Crippen molar-refractivity contribution in [2.45, 2.75) is 32.0 Å². The molecule has 0 fully saturated rings. The SMILES string of the molecule is CC[C@](C)(Nc1nc(-c2c[nH]c3ncccc23)ncc1F)C(=O)NCC(F)(F)F. The van der Waals surface area contributed by atoms with Crippen LogP contribution in [0, 0.1) is 5.82 Å². The highest BCUT2D eigenvalue weighted by Crippen LogP contribution is 2.27. The van der Waals surface area contributed by atoms with E-state index in [2.05, 4.69) is 25.3 Å². The number of nitrogens with one attached hydrogen (secondary N) is 3. The molecular formula is C18H18F4N6O. The van der Waals surface area contributed by atoms with Gasteiger partial charge in [0, 0.05) is 23.3 Å². The van der Waals surface area contributed by atoms with Crippen molar-refractivity contribution in [1.82, 2.24) is 25.3 Å². The molecule has 1 amide bonds. The van der Waals surface area contributed by atoms with Gasteiger partial charge in [0.05, 0.1) is 6.20 Å². The summed E-state index contributed by atoms with van der Waals surface area (Å²) in [4.78, 5) is 27.5. The van der Waals surface area contributed by atoms with E-state index in [9.17, 15) is 22.4 Å². The minimum Gasteiger partial charge on any atom is -0.354 e. The predicted octanol–water partition coefficient (Wildman–Crippen LogP) is 3.42. The van der Waals surface area contributed by atoms with Gasteiger partial charge in [0.1, 0.15) is 17.7 Å². The van der Waals surface area contributed by atoms with Gasteiger partial charge < -0.3 is 15.6 Å². The third-order valence-corrected chi connectivity index (χ3v) is 4.49. The maximum Gasteiger partial charge on any atom is 0.405 e. The van der Waals surface area contributed by atoms with Gasteiger partial charge in [-0.15, -0.1) is 0 Å². The largest absolute Gasteiger partial charge is 0.405 e. The number of carbonyl (C=O) groups excluding carboxylic acids is 1. The van der Waals surface area contributed by atoms with Crippen molar-refractivity contribution in [3.05, 3.63) is 36.5 Å². The van der Waals surface area contributed by atoms with Crippen LogP contribution in [0.3, 0.4) is 0 Å². The number of aromatic nitrogens is 4. The number of carbonyl (C=O) groups is 1. The van der Waals surface area contributed by atoms with Gasteiger partial charge in [-0.1, -0.05) is 6.92 Å². The Morgan fingerprint density at radius 3 is 2.72 bits per heavy atom. The van der Waals surface area contributed by atoms with Crippen LogP contribution in [0.15, 0.2) is 30.7 Å². The van der Waals surface area contributed by atoms with E-state index in [4.69, 9.17) is 0 Å². The number of H-pyrrole nitrogens is 1. The normalized spacial score (nSPS) is 13.9. The van der Waals surface area contributed by atoms with Crippen LogP contribution < -0.4 is 10.6 Å². The summed E-state index contributed by atoms with van der Waals surface area (Å²) in [6.07, 6.45) is -0.311. The molecule has 1 atom stereocenters. The predicted molar refractivity (Wildman–Crippen MR) is 98.5 cm³/mol. The van der Waals surface area contributed by atoms with Gasteiger partial charge >= 0.3 is 6.18 Å². The summed E-state index contributed by atoms with van der Waals surface area (Å²) >= 11 is 0. The standard InChI is InChI=1S/C18H18F4N6O/c1-3-17(2,16(29)26-9-18(20,21)22)28-15-12(19)8-25-14(27-15)11-7-24-13-10(11)5-4-6-23-13/h4-8H,3,9H2,1-2H3,(H,23,24)(H,26,29)(H,25,27,28)/t17-/m0/s1. The first kappa shape index (κ1) is 20.5. The maximum atomic E-state index is 14.3. The summed E-state index contributed by atoms with van der Waals surface area (Å²) in [6, 6.07) is 3.51. The van der Waals surface area contributed by atoms with Crippen LogP contribution in [0.4, 0.5) is 23.4 Å². The average Bonchev–Trinajstić information content (AvgIpc) is 3.11. The minimum absolute atomic E-state index is 0.0898. The van der Waals surface area contributed by atoms with Crippen LogP contribution in [-0.2, 0) is 4.79 Å². The summed E-state index contributed by atoms with van der Waals surface area (Å²) in [5.41, 5.74) is -0.356. The van der Waals surface area contributed by atoms with E-state index >= 15 is 0 Å². The molecule has 11 heteroatoms. The molecule has 154 valence electrons. The molecule has 3 heterocycles. The second-order valence-corrected chi connectivity index (χ2v) is 6.60. The molecule has 0 aliphatic rings. The van der Waals surface area contributed by atoms with Crippen molar-refractivity contribution in [3.8, 4) is 11.4 Å². The van der Waals surface area contributed by atoms with E-state index in [1.165, 1.54) is 6.92 Å². The van der Waals surface area contributed by atoms with E-state index in [1.807, 2.05) is 5.32 Å². The Kier molecular flexibility index (Phi) is 5.40. The number of fused-ring (bicyclic) bond motifs is 1. The fourth-order valence-corrected chi connectivity index (χ4v) is 2.67. The summed E-state index contributed by atoms with van der Waals surface area (Å²) in [7, 11) is 0. The fraction of sp³-hybridized carbons (Fsp3) is 0.333. The second kappa shape index (κ2) is 7.64. The molecule has 0 saturated carbocycles. The summed E-state index contributed by atoms with van der Waals surface area (Å²) in [5, 5.41) is 5.16. The zero-order chi connectivity index (χ0) is 21.2. The lowest BCUT2D eigenvalue weighted by molar-refractivity contribution is -0.140. The Morgan fingerprint density at radius 2 is 2.03 bits per heavy atom. The number of pyridine rings is 1. The molecule has 0 saturated heterocycles. The van der Waals surface area contributed by atoms with Crippen LogP contribution in [0.1, 0.15) is 20.3 Å². The Labute approximate surface area is 163 Å². The lowest BCUT2D eigenvalue weighted by Crippen LogP contribution is -2.52. The van der Waals surface area contributed by atoms with Gasteiger partial charge in [-0.05, 0) is 25.5 Å². The number of alkyl halides is 3. The van der Waals surface area contributed by atoms with Crippen LogP contribution >= 0.6 is 0 Å². The second-order valence-electron chi connectivity index (χ2n) is 6.60. The number of halogens is 4. The number of rotatable bonds is 6. The van der Waals surface area contributed by atoms with Crippen molar-refractivity contribution in [3.63, 3.8) is 0 Å². The van der Waals surface area contributed by atoms with Crippen molar-refractivity contribution in [2.24, 2.45) is 0 Å². The number of nitrogens with zero attached hydrogens (tertiary/aromatic N) is 3. The fourth-order valence-electron chi connectivity index (χ4n) is 2.67. The quantitative estimate of drug-likeness (QED) is 0.542. The average molecular weight is 410 g/mol. The van der Waals surface area contributed by atoms with E-state index in [0.29, 0.717) is 16.6 Å². The Morgan fingerprint density at radius 1 is 1.28 bits per heavy atom. The number of aromatic amines is 1. The monoisotopic (exact) mass is 410 g/mol. The number of anilines is 1. The topological polar surface area (TPSA) is 95.6 Å². The number of hydrogen-bond donors (Lipinski definition) is 3. The Hall–Kier alpha value is -3.24. The highest BCUT2D eigenvalue weighted by atomic mass is 19.4. The van der Waals surface area contributed by atoms with Gasteiger partial charge in [-0.2, -0.15) is 13.2 Å². The van der Waals surface area contributed by atoms with Gasteiger partial charge in [-0.3, -0.25) is 4.79 Å². The molecule has 7 nitrogen and oxygen atoms in total. The highest BCUT2D eigenvalue weighted by Gasteiger charge is 2.36. The molecule has 0 radical (unpaired) electrons. The number of amides is 1. The molecule has 3 N–H and O–H groups in total. The third kappa shape index (κ3) is 4.44. The smallest absolute Gasteiger partial charge is 0.354 e. The summed E-state index contributed by atoms with van der Waals surface area (Å²) < 4.78 is 51.6. The molecule has 0 spiro atoms. The molecule has 0 unspecified atom stereocenters. The van der Waals surface area contributed by atoms with Gasteiger partial charge in [0.2, 0.25) is 5.91 Å². The summed E-state index contributed by atoms with van der Waals surface area (Å²) in [6.45, 7) is 1.48. The van der Waals surface area contributed by atoms with Crippen LogP contribution in [-0.4, -0.2) is 44.1 Å². The number of hydrogen-bond acceptors (Lipinski definition) is 5. The minimum atomic E-state index is -4.55. The Balaban J connectivity index is 1.90. The zero-order valence-electron chi connectivity index (χ0n) is 15.6. The lowest BCUT2D eigenvalue weighted by atomic mass is 9.97. The first-order valence-electron chi connectivity index (χ1n) is 8.71. The molecule has 0 aliphatic heterocycles. The highest BCUT2D eigenvalue weighted by molar-refractivity contribution is 5.92. The third-order valence-electron chi connectivity index (χ3n) is 4.49. The van der Waals surface area contributed by atoms with Crippen LogP contribution in [0.2, 0.25) is 0 Å². The maximum absolute atomic E-state index is 14.3. The summed E-state index contributed by atoms with van der Waals surface area (Å²) in [5.74, 6) is -1.88. The molecule has 0 aliphatic carbocycles. The first-order chi connectivity index (χ1) is 13.6. The van der Waals surface area contributed by atoms with Gasteiger partial charge in [0.25, 0.3) is 0 Å². The van der Waals surface area contributed by atoms with E-state index in [1.54, 1.807) is 31.5 Å². The van der Waals surface area contributed by atoms with E-state index < -0.39 is 30.0 Å². The van der Waals surface area contributed by atoms with Crippen molar-refractivity contribution < 1.29 is 22.4 Å². The molecular weight excluding hydrogens is 392 g/mol. The molecule has 29 heavy (non-hydrogen) atoms. The van der Waals surface area contributed by atoms with E-state index in [0.717, 1.165) is 6.20 Å². The first-order valence-corrected chi connectivity index (χ1v) is 8.71. The molecule has 0 bridgehead atoms. The zero-order valence-corrected chi connectivity index (χ0v) is 15.6. The van der Waals surface area contributed by atoms with Gasteiger partial charge in [0.15, 0.2) is 17.5 Å². The van der Waals surface area contributed by atoms with Crippen LogP contribution in [0.5, 0.6) is 0 Å². The van der Waals surface area contributed by atoms with E-state index in [-0.39, 0.29) is 18.1 Å². The molecule has 0 aromatic carbocycles. The van der Waals surface area contributed by atoms with Crippen LogP contribution in [0.25, 0.3) is 22.4 Å². The van der Waals surface area contributed by atoms with Crippen molar-refractivity contribution in [1.29, 1.82) is 0 Å². The lowest BCUT2D eigenvalue weighted by Gasteiger charge is -2.29. The molecule has 3 aromatic rings. The van der Waals surface area contributed by atoms with Gasteiger partial charge in [-0.25, -0.2) is 19.3 Å². The Bertz CT molecular complexity index is 1030. The molecule has 3 aromatic heterocycles. The molecule has 3 rings (SSSR count). The van der Waals surface area contributed by atoms with Crippen molar-refractivity contribution in [2.75, 3.05) is 11.9 Å². The van der Waals surface area contributed by atoms with Crippen molar-refractivity contribution >= 4 is 22.8 Å².